The van der Waals surface area contributed by atoms with Crippen molar-refractivity contribution in [1.29, 1.82) is 0 Å². The minimum Gasteiger partial charge on any atom is -0.481 e. The third kappa shape index (κ3) is 2.67. The van der Waals surface area contributed by atoms with Crippen molar-refractivity contribution >= 4 is 11.9 Å². The Morgan fingerprint density at radius 2 is 1.95 bits per heavy atom. The van der Waals surface area contributed by atoms with Gasteiger partial charge in [-0.05, 0) is 36.8 Å². The smallest absolute Gasteiger partial charge is 0.310 e. The summed E-state index contributed by atoms with van der Waals surface area (Å²) in [6, 6.07) is 8.19. The average molecular weight is 287 g/mol. The number of aryl methyl sites for hydroxylation is 1. The van der Waals surface area contributed by atoms with E-state index in [1.807, 2.05) is 12.1 Å². The molecule has 112 valence electrons. The van der Waals surface area contributed by atoms with Crippen LogP contribution in [-0.2, 0) is 16.0 Å². The van der Waals surface area contributed by atoms with Gasteiger partial charge in [0.05, 0.1) is 11.5 Å². The Morgan fingerprint density at radius 3 is 2.67 bits per heavy atom. The highest BCUT2D eigenvalue weighted by atomic mass is 16.4. The third-order valence-electron chi connectivity index (χ3n) is 4.98. The van der Waals surface area contributed by atoms with Crippen LogP contribution in [0.4, 0.5) is 0 Å². The molecule has 3 rings (SSSR count). The van der Waals surface area contributed by atoms with Crippen molar-refractivity contribution in [3.63, 3.8) is 0 Å². The zero-order valence-electron chi connectivity index (χ0n) is 12.1. The van der Waals surface area contributed by atoms with Gasteiger partial charge in [0.1, 0.15) is 0 Å². The van der Waals surface area contributed by atoms with Crippen molar-refractivity contribution in [2.24, 2.45) is 5.41 Å². The van der Waals surface area contributed by atoms with Gasteiger partial charge in [-0.25, -0.2) is 0 Å². The highest BCUT2D eigenvalue weighted by molar-refractivity contribution is 5.85. The molecule has 1 atom stereocenters. The first-order chi connectivity index (χ1) is 10.1. The van der Waals surface area contributed by atoms with Crippen molar-refractivity contribution < 1.29 is 14.7 Å². The van der Waals surface area contributed by atoms with E-state index >= 15 is 0 Å². The van der Waals surface area contributed by atoms with Gasteiger partial charge in [-0.15, -0.1) is 0 Å². The highest BCUT2D eigenvalue weighted by Gasteiger charge is 2.43. The van der Waals surface area contributed by atoms with Crippen LogP contribution in [0.2, 0.25) is 0 Å². The van der Waals surface area contributed by atoms with Crippen LogP contribution in [0.25, 0.3) is 0 Å². The van der Waals surface area contributed by atoms with Crippen LogP contribution < -0.4 is 5.32 Å². The summed E-state index contributed by atoms with van der Waals surface area (Å²) in [7, 11) is 0. The second-order valence-electron chi connectivity index (χ2n) is 6.33. The van der Waals surface area contributed by atoms with Crippen molar-refractivity contribution in [3.05, 3.63) is 35.4 Å². The summed E-state index contributed by atoms with van der Waals surface area (Å²) in [5.41, 5.74) is 1.64. The lowest BCUT2D eigenvalue weighted by Crippen LogP contribution is -2.36. The predicted molar refractivity (Wildman–Crippen MR) is 78.8 cm³/mol. The molecule has 0 aliphatic heterocycles. The number of nitrogens with one attached hydrogen (secondary N) is 1. The summed E-state index contributed by atoms with van der Waals surface area (Å²) in [6.45, 7) is 0. The van der Waals surface area contributed by atoms with Gasteiger partial charge >= 0.3 is 5.97 Å². The van der Waals surface area contributed by atoms with E-state index in [1.54, 1.807) is 0 Å². The molecule has 1 aromatic carbocycles. The van der Waals surface area contributed by atoms with Gasteiger partial charge in [0.2, 0.25) is 5.91 Å². The molecule has 0 spiro atoms. The molecule has 0 bridgehead atoms. The molecule has 1 unspecified atom stereocenters. The molecule has 21 heavy (non-hydrogen) atoms. The van der Waals surface area contributed by atoms with Crippen molar-refractivity contribution in [2.45, 2.75) is 51.0 Å². The van der Waals surface area contributed by atoms with E-state index < -0.39 is 11.4 Å². The first-order valence-corrected chi connectivity index (χ1v) is 7.71. The number of hydrogen-bond donors (Lipinski definition) is 2. The van der Waals surface area contributed by atoms with Crippen LogP contribution in [-0.4, -0.2) is 17.0 Å². The maximum atomic E-state index is 12.3. The van der Waals surface area contributed by atoms with Crippen LogP contribution in [0.3, 0.4) is 0 Å². The largest absolute Gasteiger partial charge is 0.481 e. The van der Waals surface area contributed by atoms with Gasteiger partial charge in [-0.1, -0.05) is 37.1 Å². The Bertz CT molecular complexity index is 561. The number of hydrogen-bond acceptors (Lipinski definition) is 2. The molecule has 1 amide bonds. The molecule has 2 N–H and O–H groups in total. The Morgan fingerprint density at radius 1 is 1.24 bits per heavy atom. The average Bonchev–Trinajstić information content (AvgIpc) is 3.08. The van der Waals surface area contributed by atoms with E-state index in [2.05, 4.69) is 17.4 Å². The second kappa shape index (κ2) is 5.51. The summed E-state index contributed by atoms with van der Waals surface area (Å²) in [5.74, 6) is -0.942. The van der Waals surface area contributed by atoms with E-state index in [9.17, 15) is 14.7 Å². The molecule has 2 aliphatic rings. The molecule has 1 saturated carbocycles. The molecule has 0 aromatic heterocycles. The maximum absolute atomic E-state index is 12.3. The lowest BCUT2D eigenvalue weighted by Gasteiger charge is -2.24. The molecular formula is C17H21NO3. The van der Waals surface area contributed by atoms with Gasteiger partial charge in [0, 0.05) is 6.42 Å². The molecule has 1 aromatic rings. The van der Waals surface area contributed by atoms with Crippen LogP contribution >= 0.6 is 0 Å². The number of carboxylic acid groups (broad SMARTS) is 1. The van der Waals surface area contributed by atoms with Gasteiger partial charge in [-0.2, -0.15) is 0 Å². The monoisotopic (exact) mass is 287 g/mol. The van der Waals surface area contributed by atoms with Crippen LogP contribution in [0.15, 0.2) is 24.3 Å². The van der Waals surface area contributed by atoms with Crippen LogP contribution in [0.1, 0.15) is 55.7 Å². The molecular weight excluding hydrogens is 266 g/mol. The summed E-state index contributed by atoms with van der Waals surface area (Å²) >= 11 is 0. The zero-order chi connectivity index (χ0) is 14.9. The van der Waals surface area contributed by atoms with Gasteiger partial charge in [-0.3, -0.25) is 9.59 Å². The Balaban J connectivity index is 1.66. The molecule has 2 aliphatic carbocycles. The minimum atomic E-state index is -0.831. The summed E-state index contributed by atoms with van der Waals surface area (Å²) in [5, 5.41) is 12.5. The molecule has 0 saturated heterocycles. The molecule has 4 heteroatoms. The van der Waals surface area contributed by atoms with Gasteiger partial charge < -0.3 is 10.4 Å². The van der Waals surface area contributed by atoms with Gasteiger partial charge in [0.25, 0.3) is 0 Å². The number of carbonyl (C=O) groups is 2. The number of amides is 1. The van der Waals surface area contributed by atoms with E-state index in [-0.39, 0.29) is 18.4 Å². The molecule has 0 heterocycles. The van der Waals surface area contributed by atoms with Crippen LogP contribution in [0.5, 0.6) is 0 Å². The number of carbonyl (C=O) groups excluding carboxylic acids is 1. The SMILES string of the molecule is O=C(CC1(C(=O)O)CCCC1)NC1CCc2ccccc21. The highest BCUT2D eigenvalue weighted by Crippen LogP contribution is 2.41. The standard InChI is InChI=1S/C17H21NO3/c19-15(11-17(16(20)21)9-3-4-10-17)18-14-8-7-12-5-1-2-6-13(12)14/h1-2,5-6,14H,3-4,7-11H2,(H,18,19)(H,20,21). The minimum absolute atomic E-state index is 0.0425. The normalized spacial score (nSPS) is 22.8. The van der Waals surface area contributed by atoms with Crippen molar-refractivity contribution in [3.8, 4) is 0 Å². The van der Waals surface area contributed by atoms with E-state index in [4.69, 9.17) is 0 Å². The third-order valence-corrected chi connectivity index (χ3v) is 4.98. The number of benzene rings is 1. The summed E-state index contributed by atoms with van der Waals surface area (Å²) in [6.07, 6.45) is 5.06. The number of rotatable bonds is 4. The lowest BCUT2D eigenvalue weighted by atomic mass is 9.82. The van der Waals surface area contributed by atoms with Crippen LogP contribution in [0, 0.1) is 5.41 Å². The summed E-state index contributed by atoms with van der Waals surface area (Å²) in [4.78, 5) is 23.8. The Kier molecular flexibility index (Phi) is 3.70. The first-order valence-electron chi connectivity index (χ1n) is 7.71. The Hall–Kier alpha value is -1.84. The topological polar surface area (TPSA) is 66.4 Å². The van der Waals surface area contributed by atoms with E-state index in [1.165, 1.54) is 11.1 Å². The number of fused-ring (bicyclic) bond motifs is 1. The molecule has 0 radical (unpaired) electrons. The molecule has 4 nitrogen and oxygen atoms in total. The quantitative estimate of drug-likeness (QED) is 0.895. The first kappa shape index (κ1) is 14.1. The summed E-state index contributed by atoms with van der Waals surface area (Å²) < 4.78 is 0. The van der Waals surface area contributed by atoms with E-state index in [0.29, 0.717) is 12.8 Å². The van der Waals surface area contributed by atoms with Gasteiger partial charge in [0.15, 0.2) is 0 Å². The zero-order valence-corrected chi connectivity index (χ0v) is 12.1. The van der Waals surface area contributed by atoms with Crippen molar-refractivity contribution in [1.82, 2.24) is 5.32 Å². The number of carboxylic acids is 1. The van der Waals surface area contributed by atoms with Crippen molar-refractivity contribution in [2.75, 3.05) is 0 Å². The predicted octanol–water partition coefficient (Wildman–Crippen LogP) is 2.83. The molecule has 1 fully saturated rings. The fourth-order valence-electron chi connectivity index (χ4n) is 3.78. The lowest BCUT2D eigenvalue weighted by molar-refractivity contribution is -0.151. The number of aliphatic carboxylic acids is 1. The maximum Gasteiger partial charge on any atom is 0.310 e. The Labute approximate surface area is 124 Å². The second-order valence-corrected chi connectivity index (χ2v) is 6.33. The van der Waals surface area contributed by atoms with E-state index in [0.717, 1.165) is 25.7 Å². The fourth-order valence-corrected chi connectivity index (χ4v) is 3.78. The fraction of sp³-hybridized carbons (Fsp3) is 0.529.